The normalized spacial score (nSPS) is 10.9. The van der Waals surface area contributed by atoms with Gasteiger partial charge < -0.3 is 4.74 Å². The highest BCUT2D eigenvalue weighted by Crippen LogP contribution is 2.23. The van der Waals surface area contributed by atoms with Crippen molar-refractivity contribution in [3.8, 4) is 11.6 Å². The van der Waals surface area contributed by atoms with Gasteiger partial charge in [0.15, 0.2) is 5.02 Å². The van der Waals surface area contributed by atoms with E-state index in [1.165, 1.54) is 13.0 Å². The fraction of sp³-hybridized carbons (Fsp3) is 0.111. The maximum absolute atomic E-state index is 14.0. The zero-order valence-electron chi connectivity index (χ0n) is 13.8. The van der Waals surface area contributed by atoms with Gasteiger partial charge >= 0.3 is 0 Å². The highest BCUT2D eigenvalue weighted by molar-refractivity contribution is 6.31. The fourth-order valence-corrected chi connectivity index (χ4v) is 2.61. The Kier molecular flexibility index (Phi) is 5.18. The average Bonchev–Trinajstić information content (AvgIpc) is 2.60. The molecule has 0 aliphatic rings. The molecule has 0 aliphatic heterocycles. The Bertz CT molecular complexity index is 1070. The maximum Gasteiger partial charge on any atom is 0.281 e. The molecular formula is C18H11ClF4N2O2. The predicted molar refractivity (Wildman–Crippen MR) is 90.2 cm³/mol. The molecule has 3 aromatic rings. The van der Waals surface area contributed by atoms with Gasteiger partial charge in [-0.1, -0.05) is 17.7 Å². The van der Waals surface area contributed by atoms with Crippen LogP contribution < -0.4 is 10.3 Å². The van der Waals surface area contributed by atoms with Gasteiger partial charge in [-0.05, 0) is 31.2 Å². The lowest BCUT2D eigenvalue weighted by atomic mass is 10.2. The molecule has 27 heavy (non-hydrogen) atoms. The van der Waals surface area contributed by atoms with E-state index in [1.807, 2.05) is 0 Å². The van der Waals surface area contributed by atoms with Crippen molar-refractivity contribution in [3.05, 3.63) is 86.4 Å². The van der Waals surface area contributed by atoms with Gasteiger partial charge in [-0.3, -0.25) is 9.36 Å². The Morgan fingerprint density at radius 3 is 2.37 bits per heavy atom. The lowest BCUT2D eigenvalue weighted by molar-refractivity contribution is 0.285. The number of halogens is 5. The topological polar surface area (TPSA) is 44.1 Å². The van der Waals surface area contributed by atoms with E-state index in [0.717, 1.165) is 24.3 Å². The summed E-state index contributed by atoms with van der Waals surface area (Å²) in [4.78, 5) is 16.4. The molecule has 0 radical (unpaired) electrons. The Labute approximate surface area is 155 Å². The molecule has 9 heteroatoms. The number of ether oxygens (including phenoxy) is 1. The molecule has 0 fully saturated rings. The summed E-state index contributed by atoms with van der Waals surface area (Å²) in [6, 6.07) is 6.01. The van der Waals surface area contributed by atoms with Crippen LogP contribution >= 0.6 is 11.6 Å². The van der Waals surface area contributed by atoms with Crippen molar-refractivity contribution in [2.75, 3.05) is 0 Å². The van der Waals surface area contributed by atoms with E-state index in [9.17, 15) is 22.4 Å². The molecule has 140 valence electrons. The minimum atomic E-state index is -0.972. The van der Waals surface area contributed by atoms with Crippen molar-refractivity contribution >= 4 is 11.6 Å². The SMILES string of the molecule is Cc1nc(OCc2ccc(F)cc2F)c(Cl)c(=O)n1-c1c(F)cccc1F. The van der Waals surface area contributed by atoms with Gasteiger partial charge in [0.2, 0.25) is 5.88 Å². The first-order valence-corrected chi connectivity index (χ1v) is 7.97. The number of para-hydroxylation sites is 1. The number of hydrogen-bond acceptors (Lipinski definition) is 3. The van der Waals surface area contributed by atoms with Crippen LogP contribution in [-0.4, -0.2) is 9.55 Å². The minimum Gasteiger partial charge on any atom is -0.471 e. The average molecular weight is 399 g/mol. The van der Waals surface area contributed by atoms with Crippen LogP contribution in [-0.2, 0) is 6.61 Å². The summed E-state index contributed by atoms with van der Waals surface area (Å²) in [5.74, 6) is -3.97. The van der Waals surface area contributed by atoms with Gasteiger partial charge in [-0.25, -0.2) is 17.6 Å². The smallest absolute Gasteiger partial charge is 0.281 e. The van der Waals surface area contributed by atoms with Crippen molar-refractivity contribution < 1.29 is 22.3 Å². The highest BCUT2D eigenvalue weighted by Gasteiger charge is 2.20. The highest BCUT2D eigenvalue weighted by atomic mass is 35.5. The molecule has 0 saturated heterocycles. The summed E-state index contributed by atoms with van der Waals surface area (Å²) in [7, 11) is 0. The standard InChI is InChI=1S/C18H11ClF4N2O2/c1-9-24-17(27-8-10-5-6-11(20)7-14(10)23)15(19)18(26)25(9)16-12(21)3-2-4-13(16)22/h2-7H,8H2,1H3. The third-order valence-electron chi connectivity index (χ3n) is 3.71. The summed E-state index contributed by atoms with van der Waals surface area (Å²) in [6.45, 7) is 0.949. The molecule has 4 nitrogen and oxygen atoms in total. The third-order valence-corrected chi connectivity index (χ3v) is 4.03. The molecule has 0 bridgehead atoms. The summed E-state index contributed by atoms with van der Waals surface area (Å²) in [6.07, 6.45) is 0. The summed E-state index contributed by atoms with van der Waals surface area (Å²) >= 11 is 5.94. The van der Waals surface area contributed by atoms with E-state index in [2.05, 4.69) is 4.98 Å². The minimum absolute atomic E-state index is 0.0104. The number of rotatable bonds is 4. The molecular weight excluding hydrogens is 388 g/mol. The second-order valence-electron chi connectivity index (χ2n) is 5.51. The third kappa shape index (κ3) is 3.66. The zero-order valence-corrected chi connectivity index (χ0v) is 14.5. The van der Waals surface area contributed by atoms with Gasteiger partial charge in [-0.2, -0.15) is 4.98 Å². The second kappa shape index (κ2) is 7.40. The van der Waals surface area contributed by atoms with E-state index in [4.69, 9.17) is 16.3 Å². The van der Waals surface area contributed by atoms with E-state index in [0.29, 0.717) is 10.6 Å². The quantitative estimate of drug-likeness (QED) is 0.614. The number of nitrogens with zero attached hydrogens (tertiary/aromatic N) is 2. The predicted octanol–water partition coefficient (Wildman–Crippen LogP) is 4.33. The molecule has 2 aromatic carbocycles. The first-order valence-electron chi connectivity index (χ1n) is 7.60. The molecule has 0 saturated carbocycles. The first-order chi connectivity index (χ1) is 12.8. The van der Waals surface area contributed by atoms with E-state index in [-0.39, 0.29) is 23.9 Å². The van der Waals surface area contributed by atoms with Crippen molar-refractivity contribution in [2.45, 2.75) is 13.5 Å². The Morgan fingerprint density at radius 1 is 1.07 bits per heavy atom. The zero-order chi connectivity index (χ0) is 19.7. The van der Waals surface area contributed by atoms with Gasteiger partial charge in [0, 0.05) is 11.6 Å². The Hall–Kier alpha value is -2.87. The van der Waals surface area contributed by atoms with Crippen LogP contribution in [0.5, 0.6) is 5.88 Å². The fourth-order valence-electron chi connectivity index (χ4n) is 2.43. The number of benzene rings is 2. The van der Waals surface area contributed by atoms with Crippen molar-refractivity contribution in [3.63, 3.8) is 0 Å². The lowest BCUT2D eigenvalue weighted by Gasteiger charge is -2.14. The molecule has 3 rings (SSSR count). The van der Waals surface area contributed by atoms with Gasteiger partial charge in [-0.15, -0.1) is 0 Å². The van der Waals surface area contributed by atoms with E-state index < -0.39 is 39.5 Å². The summed E-state index contributed by atoms with van der Waals surface area (Å²) in [5.41, 5.74) is -1.57. The van der Waals surface area contributed by atoms with Crippen LogP contribution in [0.25, 0.3) is 5.69 Å². The van der Waals surface area contributed by atoms with Crippen LogP contribution in [0.2, 0.25) is 5.02 Å². The van der Waals surface area contributed by atoms with Crippen molar-refractivity contribution in [1.82, 2.24) is 9.55 Å². The Morgan fingerprint density at radius 2 is 1.74 bits per heavy atom. The van der Waals surface area contributed by atoms with Crippen LogP contribution in [0.4, 0.5) is 17.6 Å². The first kappa shape index (κ1) is 18.9. The van der Waals surface area contributed by atoms with Crippen molar-refractivity contribution in [2.24, 2.45) is 0 Å². The number of hydrogen-bond donors (Lipinski definition) is 0. The summed E-state index contributed by atoms with van der Waals surface area (Å²) < 4.78 is 60.5. The molecule has 0 N–H and O–H groups in total. The van der Waals surface area contributed by atoms with Crippen LogP contribution in [0.1, 0.15) is 11.4 Å². The number of aryl methyl sites for hydroxylation is 1. The largest absolute Gasteiger partial charge is 0.471 e. The van der Waals surface area contributed by atoms with Crippen molar-refractivity contribution in [1.29, 1.82) is 0 Å². The van der Waals surface area contributed by atoms with Crippen LogP contribution in [0.15, 0.2) is 41.2 Å². The molecule has 0 aliphatic carbocycles. The Balaban J connectivity index is 1.99. The second-order valence-corrected chi connectivity index (χ2v) is 5.89. The van der Waals surface area contributed by atoms with Crippen LogP contribution in [0, 0.1) is 30.2 Å². The van der Waals surface area contributed by atoms with Crippen LogP contribution in [0.3, 0.4) is 0 Å². The summed E-state index contributed by atoms with van der Waals surface area (Å²) in [5, 5.41) is -0.536. The molecule has 1 aromatic heterocycles. The van der Waals surface area contributed by atoms with Gasteiger partial charge in [0.05, 0.1) is 0 Å². The van der Waals surface area contributed by atoms with Gasteiger partial charge in [0.1, 0.15) is 41.4 Å². The van der Waals surface area contributed by atoms with Gasteiger partial charge in [0.25, 0.3) is 5.56 Å². The maximum atomic E-state index is 14.0. The molecule has 0 spiro atoms. The molecule has 0 unspecified atom stereocenters. The number of aromatic nitrogens is 2. The molecule has 0 amide bonds. The molecule has 0 atom stereocenters. The van der Waals surface area contributed by atoms with E-state index >= 15 is 0 Å². The monoisotopic (exact) mass is 398 g/mol. The molecule has 1 heterocycles. The van der Waals surface area contributed by atoms with E-state index in [1.54, 1.807) is 0 Å². The lowest BCUT2D eigenvalue weighted by Crippen LogP contribution is -2.25.